The molecule has 0 saturated carbocycles. The Balaban J connectivity index is 1.24. The summed E-state index contributed by atoms with van der Waals surface area (Å²) in [6.45, 7) is -0.0842. The summed E-state index contributed by atoms with van der Waals surface area (Å²) in [5.74, 6) is 0.468. The first kappa shape index (κ1) is 20.2. The Morgan fingerprint density at radius 1 is 1.07 bits per heavy atom. The summed E-state index contributed by atoms with van der Waals surface area (Å²) < 4.78 is 12.4. The first-order valence-electron chi connectivity index (χ1n) is 9.21. The van der Waals surface area contributed by atoms with Crippen LogP contribution in [-0.2, 0) is 21.8 Å². The molecule has 8 heteroatoms. The van der Waals surface area contributed by atoms with E-state index in [1.165, 1.54) is 11.0 Å². The molecule has 0 unspecified atom stereocenters. The third-order valence-corrected chi connectivity index (χ3v) is 6.45. The van der Waals surface area contributed by atoms with E-state index in [9.17, 15) is 9.59 Å². The zero-order valence-electron chi connectivity index (χ0n) is 15.9. The average molecular weight is 439 g/mol. The van der Waals surface area contributed by atoms with E-state index in [4.69, 9.17) is 9.15 Å². The number of benzene rings is 2. The van der Waals surface area contributed by atoms with Gasteiger partial charge in [0.15, 0.2) is 10.9 Å². The highest BCUT2D eigenvalue weighted by molar-refractivity contribution is 8.00. The minimum absolute atomic E-state index is 0.254. The van der Waals surface area contributed by atoms with Gasteiger partial charge in [-0.1, -0.05) is 36.0 Å². The predicted octanol–water partition coefficient (Wildman–Crippen LogP) is 4.65. The van der Waals surface area contributed by atoms with E-state index in [0.717, 1.165) is 21.2 Å². The SMILES string of the molecule is O=C(COC(=O)c1ccc(CSc2nc3ccccc3s2)cc1)NCc1ccco1. The molecule has 1 amide bonds. The van der Waals surface area contributed by atoms with E-state index in [-0.39, 0.29) is 19.1 Å². The number of furan rings is 1. The fourth-order valence-electron chi connectivity index (χ4n) is 2.66. The Morgan fingerprint density at radius 3 is 2.67 bits per heavy atom. The van der Waals surface area contributed by atoms with Crippen molar-refractivity contribution in [3.05, 3.63) is 83.8 Å². The first-order chi connectivity index (χ1) is 14.7. The number of amides is 1. The van der Waals surface area contributed by atoms with Gasteiger partial charge in [0, 0.05) is 5.75 Å². The zero-order valence-corrected chi connectivity index (χ0v) is 17.5. The van der Waals surface area contributed by atoms with Gasteiger partial charge in [-0.25, -0.2) is 9.78 Å². The number of aromatic nitrogens is 1. The summed E-state index contributed by atoms with van der Waals surface area (Å²) >= 11 is 3.33. The van der Waals surface area contributed by atoms with Gasteiger partial charge in [-0.3, -0.25) is 4.79 Å². The molecule has 4 rings (SSSR count). The van der Waals surface area contributed by atoms with Gasteiger partial charge in [-0.15, -0.1) is 11.3 Å². The van der Waals surface area contributed by atoms with E-state index in [0.29, 0.717) is 11.3 Å². The molecule has 0 radical (unpaired) electrons. The van der Waals surface area contributed by atoms with E-state index >= 15 is 0 Å². The van der Waals surface area contributed by atoms with Crippen molar-refractivity contribution in [2.45, 2.75) is 16.6 Å². The fourth-order valence-corrected chi connectivity index (χ4v) is 4.68. The van der Waals surface area contributed by atoms with Gasteiger partial charge < -0.3 is 14.5 Å². The van der Waals surface area contributed by atoms with Gasteiger partial charge in [0.25, 0.3) is 5.91 Å². The maximum absolute atomic E-state index is 12.1. The van der Waals surface area contributed by atoms with Crippen LogP contribution >= 0.6 is 23.1 Å². The van der Waals surface area contributed by atoms with Crippen molar-refractivity contribution in [3.8, 4) is 0 Å². The number of fused-ring (bicyclic) bond motifs is 1. The number of rotatable bonds is 8. The van der Waals surface area contributed by atoms with Crippen molar-refractivity contribution in [2.24, 2.45) is 0 Å². The number of nitrogens with zero attached hydrogens (tertiary/aromatic N) is 1. The molecule has 2 aromatic carbocycles. The van der Waals surface area contributed by atoms with Crippen LogP contribution in [-0.4, -0.2) is 23.5 Å². The van der Waals surface area contributed by atoms with Gasteiger partial charge in [-0.2, -0.15) is 0 Å². The van der Waals surface area contributed by atoms with Crippen molar-refractivity contribution >= 4 is 45.2 Å². The lowest BCUT2D eigenvalue weighted by Crippen LogP contribution is -2.28. The highest BCUT2D eigenvalue weighted by Gasteiger charge is 2.11. The molecular formula is C22H18N2O4S2. The molecular weight excluding hydrogens is 420 g/mol. The maximum atomic E-state index is 12.1. The number of carbonyl (C=O) groups is 2. The highest BCUT2D eigenvalue weighted by Crippen LogP contribution is 2.31. The third-order valence-electron chi connectivity index (χ3n) is 4.20. The highest BCUT2D eigenvalue weighted by atomic mass is 32.2. The molecule has 0 aliphatic heterocycles. The van der Waals surface area contributed by atoms with Crippen molar-refractivity contribution in [2.75, 3.05) is 6.61 Å². The smallest absolute Gasteiger partial charge is 0.338 e. The molecule has 0 spiro atoms. The van der Waals surface area contributed by atoms with Crippen LogP contribution in [0.5, 0.6) is 0 Å². The molecule has 0 saturated heterocycles. The summed E-state index contributed by atoms with van der Waals surface area (Å²) in [7, 11) is 0. The van der Waals surface area contributed by atoms with Crippen molar-refractivity contribution < 1.29 is 18.7 Å². The molecule has 0 atom stereocenters. The molecule has 0 fully saturated rings. The number of ether oxygens (including phenoxy) is 1. The van der Waals surface area contributed by atoms with Gasteiger partial charge >= 0.3 is 5.97 Å². The van der Waals surface area contributed by atoms with E-state index in [1.807, 2.05) is 30.3 Å². The molecule has 0 aliphatic carbocycles. The van der Waals surface area contributed by atoms with Crippen molar-refractivity contribution in [3.63, 3.8) is 0 Å². The van der Waals surface area contributed by atoms with Crippen LogP contribution in [0, 0.1) is 0 Å². The number of para-hydroxylation sites is 1. The number of carbonyl (C=O) groups excluding carboxylic acids is 2. The van der Waals surface area contributed by atoms with E-state index in [2.05, 4.69) is 16.4 Å². The Kier molecular flexibility index (Phi) is 6.46. The van der Waals surface area contributed by atoms with Crippen LogP contribution in [0.1, 0.15) is 21.7 Å². The van der Waals surface area contributed by atoms with E-state index < -0.39 is 5.97 Å². The molecule has 152 valence electrons. The Morgan fingerprint density at radius 2 is 1.90 bits per heavy atom. The lowest BCUT2D eigenvalue weighted by atomic mass is 10.1. The number of hydrogen-bond donors (Lipinski definition) is 1. The van der Waals surface area contributed by atoms with Gasteiger partial charge in [-0.05, 0) is 42.0 Å². The molecule has 1 N–H and O–H groups in total. The lowest BCUT2D eigenvalue weighted by Gasteiger charge is -2.06. The molecule has 30 heavy (non-hydrogen) atoms. The third kappa shape index (κ3) is 5.28. The minimum atomic E-state index is -0.534. The molecule has 0 bridgehead atoms. The van der Waals surface area contributed by atoms with E-state index in [1.54, 1.807) is 47.4 Å². The van der Waals surface area contributed by atoms with Crippen molar-refractivity contribution in [1.29, 1.82) is 0 Å². The van der Waals surface area contributed by atoms with Crippen LogP contribution < -0.4 is 5.32 Å². The fraction of sp³-hybridized carbons (Fsp3) is 0.136. The second-order valence-corrected chi connectivity index (χ2v) is 8.62. The van der Waals surface area contributed by atoms with Gasteiger partial charge in [0.05, 0.1) is 28.6 Å². The van der Waals surface area contributed by atoms with Crippen LogP contribution in [0.4, 0.5) is 0 Å². The molecule has 6 nitrogen and oxygen atoms in total. The monoisotopic (exact) mass is 438 g/mol. The van der Waals surface area contributed by atoms with Gasteiger partial charge in [0.1, 0.15) is 5.76 Å². The van der Waals surface area contributed by atoms with Crippen LogP contribution in [0.15, 0.2) is 75.7 Å². The van der Waals surface area contributed by atoms with Crippen LogP contribution in [0.2, 0.25) is 0 Å². The Hall–Kier alpha value is -3.10. The van der Waals surface area contributed by atoms with Gasteiger partial charge in [0.2, 0.25) is 0 Å². The lowest BCUT2D eigenvalue weighted by molar-refractivity contribution is -0.124. The maximum Gasteiger partial charge on any atom is 0.338 e. The van der Waals surface area contributed by atoms with Crippen molar-refractivity contribution in [1.82, 2.24) is 10.3 Å². The largest absolute Gasteiger partial charge is 0.467 e. The van der Waals surface area contributed by atoms with Crippen LogP contribution in [0.3, 0.4) is 0 Å². The second-order valence-electron chi connectivity index (χ2n) is 6.37. The standard InChI is InChI=1S/C22H18N2O4S2/c25-20(23-12-17-4-3-11-27-17)13-28-21(26)16-9-7-15(8-10-16)14-29-22-24-18-5-1-2-6-19(18)30-22/h1-11H,12-14H2,(H,23,25). The molecule has 0 aliphatic rings. The first-order valence-corrected chi connectivity index (χ1v) is 11.0. The molecule has 2 heterocycles. The number of hydrogen-bond acceptors (Lipinski definition) is 7. The zero-order chi connectivity index (χ0) is 20.8. The Bertz CT molecular complexity index is 1100. The Labute approximate surface area is 181 Å². The number of thioether (sulfide) groups is 1. The van der Waals surface area contributed by atoms with Crippen LogP contribution in [0.25, 0.3) is 10.2 Å². The average Bonchev–Trinajstić information content (AvgIpc) is 3.44. The summed E-state index contributed by atoms with van der Waals surface area (Å²) in [5.41, 5.74) is 2.49. The topological polar surface area (TPSA) is 81.4 Å². The molecule has 2 aromatic heterocycles. The minimum Gasteiger partial charge on any atom is -0.467 e. The summed E-state index contributed by atoms with van der Waals surface area (Å²) in [6.07, 6.45) is 1.53. The summed E-state index contributed by atoms with van der Waals surface area (Å²) in [5, 5.41) is 2.63. The normalized spacial score (nSPS) is 10.8. The number of esters is 1. The predicted molar refractivity (Wildman–Crippen MR) is 116 cm³/mol. The quantitative estimate of drug-likeness (QED) is 0.318. The second kappa shape index (κ2) is 9.60. The number of nitrogens with one attached hydrogen (secondary N) is 1. The summed E-state index contributed by atoms with van der Waals surface area (Å²) in [4.78, 5) is 28.5. The molecule has 4 aromatic rings. The summed E-state index contributed by atoms with van der Waals surface area (Å²) in [6, 6.07) is 18.7. The number of thiazole rings is 1.